The number of hydrogen-bond donors (Lipinski definition) is 0. The first-order valence-electron chi connectivity index (χ1n) is 12.3. The number of rotatable bonds is 5. The Kier molecular flexibility index (Phi) is 6.76. The number of aryl methyl sites for hydroxylation is 2. The first kappa shape index (κ1) is 23.7. The molecule has 0 unspecified atom stereocenters. The number of hydrogen-bond acceptors (Lipinski definition) is 4. The monoisotopic (exact) mass is 480 g/mol. The lowest BCUT2D eigenvalue weighted by Crippen LogP contribution is -2.49. The zero-order valence-electron chi connectivity index (χ0n) is 20.6. The van der Waals surface area contributed by atoms with E-state index in [-0.39, 0.29) is 11.5 Å². The molecule has 5 rings (SSSR count). The summed E-state index contributed by atoms with van der Waals surface area (Å²) in [6, 6.07) is 24.7. The largest absolute Gasteiger partial charge is 0.353 e. The Morgan fingerprint density at radius 2 is 1.50 bits per heavy atom. The van der Waals surface area contributed by atoms with E-state index in [0.29, 0.717) is 32.0 Å². The maximum atomic E-state index is 14.2. The zero-order chi connectivity index (χ0) is 25.1. The molecule has 2 heterocycles. The summed E-state index contributed by atoms with van der Waals surface area (Å²) in [5.41, 5.74) is 5.52. The summed E-state index contributed by atoms with van der Waals surface area (Å²) in [5, 5.41) is 0. The van der Waals surface area contributed by atoms with Crippen LogP contribution in [-0.4, -0.2) is 47.0 Å². The molecule has 1 saturated heterocycles. The van der Waals surface area contributed by atoms with Crippen molar-refractivity contribution in [3.05, 3.63) is 113 Å². The lowest BCUT2D eigenvalue weighted by atomic mass is 10.0. The molecular weight excluding hydrogens is 451 g/mol. The number of carbonyl (C=O) groups excluding carboxylic acids is 1. The van der Waals surface area contributed by atoms with Crippen molar-refractivity contribution in [3.8, 4) is 11.4 Å². The molecule has 36 heavy (non-hydrogen) atoms. The Morgan fingerprint density at radius 3 is 2.19 bits per heavy atom. The van der Waals surface area contributed by atoms with Crippen LogP contribution in [0, 0.1) is 19.7 Å². The second-order valence-electron chi connectivity index (χ2n) is 9.22. The first-order valence-corrected chi connectivity index (χ1v) is 12.3. The van der Waals surface area contributed by atoms with E-state index < -0.39 is 5.82 Å². The lowest BCUT2D eigenvalue weighted by Gasteiger charge is -2.36. The molecular formula is C30H29FN4O. The van der Waals surface area contributed by atoms with Crippen molar-refractivity contribution in [2.75, 3.05) is 31.1 Å². The van der Waals surface area contributed by atoms with Crippen LogP contribution < -0.4 is 4.90 Å². The van der Waals surface area contributed by atoms with Gasteiger partial charge in [-0.2, -0.15) is 0 Å². The fourth-order valence-corrected chi connectivity index (χ4v) is 4.61. The highest BCUT2D eigenvalue weighted by Crippen LogP contribution is 2.29. The summed E-state index contributed by atoms with van der Waals surface area (Å²) < 4.78 is 14.2. The van der Waals surface area contributed by atoms with Crippen molar-refractivity contribution < 1.29 is 9.18 Å². The van der Waals surface area contributed by atoms with Gasteiger partial charge >= 0.3 is 0 Å². The van der Waals surface area contributed by atoms with E-state index in [9.17, 15) is 9.18 Å². The topological polar surface area (TPSA) is 49.3 Å². The molecule has 0 bridgehead atoms. The molecule has 1 aliphatic heterocycles. The Balaban J connectivity index is 1.45. The average Bonchev–Trinajstić information content (AvgIpc) is 2.91. The van der Waals surface area contributed by atoms with E-state index in [1.54, 1.807) is 23.1 Å². The molecule has 0 radical (unpaired) electrons. The number of halogens is 1. The van der Waals surface area contributed by atoms with E-state index >= 15 is 0 Å². The van der Waals surface area contributed by atoms with Gasteiger partial charge in [-0.05, 0) is 31.5 Å². The molecule has 3 aromatic carbocycles. The van der Waals surface area contributed by atoms with Crippen LogP contribution in [0.2, 0.25) is 0 Å². The van der Waals surface area contributed by atoms with Gasteiger partial charge in [0.15, 0.2) is 5.82 Å². The summed E-state index contributed by atoms with van der Waals surface area (Å²) in [4.78, 5) is 26.8. The van der Waals surface area contributed by atoms with Gasteiger partial charge in [0, 0.05) is 49.4 Å². The Labute approximate surface area is 211 Å². The lowest BCUT2D eigenvalue weighted by molar-refractivity contribution is 0.0741. The molecule has 5 nitrogen and oxygen atoms in total. The number of nitrogens with zero attached hydrogens (tertiary/aromatic N) is 4. The number of aromatic nitrogens is 2. The van der Waals surface area contributed by atoms with Crippen LogP contribution >= 0.6 is 0 Å². The van der Waals surface area contributed by atoms with Crippen LogP contribution in [0.15, 0.2) is 78.9 Å². The van der Waals surface area contributed by atoms with Gasteiger partial charge in [0.25, 0.3) is 5.91 Å². The molecule has 0 N–H and O–H groups in total. The molecule has 1 aliphatic rings. The first-order chi connectivity index (χ1) is 17.5. The highest BCUT2D eigenvalue weighted by atomic mass is 19.1. The molecule has 0 spiro atoms. The van der Waals surface area contributed by atoms with Crippen LogP contribution in [0.1, 0.15) is 32.7 Å². The third-order valence-corrected chi connectivity index (χ3v) is 6.70. The van der Waals surface area contributed by atoms with Gasteiger partial charge in [-0.25, -0.2) is 14.4 Å². The van der Waals surface area contributed by atoms with Gasteiger partial charge in [0.1, 0.15) is 11.6 Å². The maximum absolute atomic E-state index is 14.2. The summed E-state index contributed by atoms with van der Waals surface area (Å²) in [5.74, 6) is 0.852. The number of benzene rings is 3. The summed E-state index contributed by atoms with van der Waals surface area (Å²) in [6.45, 7) is 6.34. The summed E-state index contributed by atoms with van der Waals surface area (Å²) in [6.07, 6.45) is 0.727. The average molecular weight is 481 g/mol. The van der Waals surface area contributed by atoms with E-state index in [0.717, 1.165) is 29.1 Å². The van der Waals surface area contributed by atoms with Gasteiger partial charge in [-0.1, -0.05) is 72.3 Å². The predicted octanol–water partition coefficient (Wildman–Crippen LogP) is 5.45. The van der Waals surface area contributed by atoms with E-state index in [4.69, 9.17) is 9.97 Å². The van der Waals surface area contributed by atoms with E-state index in [1.807, 2.05) is 25.1 Å². The Morgan fingerprint density at radius 1 is 0.833 bits per heavy atom. The second-order valence-corrected chi connectivity index (χ2v) is 9.22. The maximum Gasteiger partial charge on any atom is 0.256 e. The third kappa shape index (κ3) is 4.98. The second kappa shape index (κ2) is 10.3. The van der Waals surface area contributed by atoms with Crippen LogP contribution in [-0.2, 0) is 6.42 Å². The van der Waals surface area contributed by atoms with Gasteiger partial charge in [0.05, 0.1) is 5.56 Å². The van der Waals surface area contributed by atoms with Crippen molar-refractivity contribution in [1.82, 2.24) is 14.9 Å². The zero-order valence-corrected chi connectivity index (χ0v) is 20.6. The number of amides is 1. The van der Waals surface area contributed by atoms with Gasteiger partial charge < -0.3 is 9.80 Å². The minimum Gasteiger partial charge on any atom is -0.353 e. The molecule has 0 atom stereocenters. The number of piperazine rings is 1. The van der Waals surface area contributed by atoms with Crippen LogP contribution in [0.4, 0.5) is 10.2 Å². The highest BCUT2D eigenvalue weighted by Gasteiger charge is 2.27. The molecule has 1 fully saturated rings. The molecule has 0 saturated carbocycles. The SMILES string of the molecule is Cc1ccc(-c2nc(C)c(Cc3ccccc3)c(N3CCN(C(=O)c4ccccc4F)CC3)n2)cc1. The molecule has 1 amide bonds. The van der Waals surface area contributed by atoms with Crippen molar-refractivity contribution >= 4 is 11.7 Å². The standard InChI is InChI=1S/C30H29FN4O/c1-21-12-14-24(15-13-21)28-32-22(2)26(20-23-8-4-3-5-9-23)29(33-28)34-16-18-35(19-17-34)30(36)25-10-6-7-11-27(25)31/h3-15H,16-20H2,1-2H3. The van der Waals surface area contributed by atoms with Gasteiger partial charge in [0.2, 0.25) is 0 Å². The minimum atomic E-state index is -0.482. The Hall–Kier alpha value is -4.06. The Bertz CT molecular complexity index is 1360. The van der Waals surface area contributed by atoms with E-state index in [2.05, 4.69) is 48.2 Å². The quantitative estimate of drug-likeness (QED) is 0.381. The predicted molar refractivity (Wildman–Crippen MR) is 141 cm³/mol. The molecule has 6 heteroatoms. The molecule has 4 aromatic rings. The summed E-state index contributed by atoms with van der Waals surface area (Å²) in [7, 11) is 0. The molecule has 0 aliphatic carbocycles. The highest BCUT2D eigenvalue weighted by molar-refractivity contribution is 5.94. The fourth-order valence-electron chi connectivity index (χ4n) is 4.61. The summed E-state index contributed by atoms with van der Waals surface area (Å²) >= 11 is 0. The van der Waals surface area contributed by atoms with Crippen LogP contribution in [0.3, 0.4) is 0 Å². The van der Waals surface area contributed by atoms with Crippen molar-refractivity contribution in [2.45, 2.75) is 20.3 Å². The smallest absolute Gasteiger partial charge is 0.256 e. The fraction of sp³-hybridized carbons (Fsp3) is 0.233. The van der Waals surface area contributed by atoms with E-state index in [1.165, 1.54) is 17.2 Å². The van der Waals surface area contributed by atoms with Gasteiger partial charge in [-0.15, -0.1) is 0 Å². The van der Waals surface area contributed by atoms with Gasteiger partial charge in [-0.3, -0.25) is 4.79 Å². The molecule has 1 aromatic heterocycles. The number of anilines is 1. The molecule has 182 valence electrons. The van der Waals surface area contributed by atoms with Crippen molar-refractivity contribution in [2.24, 2.45) is 0 Å². The van der Waals surface area contributed by atoms with Crippen molar-refractivity contribution in [3.63, 3.8) is 0 Å². The minimum absolute atomic E-state index is 0.121. The van der Waals surface area contributed by atoms with Crippen LogP contribution in [0.25, 0.3) is 11.4 Å². The van der Waals surface area contributed by atoms with Crippen LogP contribution in [0.5, 0.6) is 0 Å². The van der Waals surface area contributed by atoms with Crippen molar-refractivity contribution in [1.29, 1.82) is 0 Å². The third-order valence-electron chi connectivity index (χ3n) is 6.70. The number of carbonyl (C=O) groups is 1. The normalized spacial score (nSPS) is 13.6.